The first-order valence-corrected chi connectivity index (χ1v) is 9.65. The second-order valence-corrected chi connectivity index (χ2v) is 7.12. The topological polar surface area (TPSA) is 68.5 Å². The van der Waals surface area contributed by atoms with Gasteiger partial charge in [-0.3, -0.25) is 9.20 Å². The molecule has 10 heteroatoms. The first-order valence-electron chi connectivity index (χ1n) is 9.27. The summed E-state index contributed by atoms with van der Waals surface area (Å²) in [4.78, 5) is 12.9. The summed E-state index contributed by atoms with van der Waals surface area (Å²) < 4.78 is 46.3. The molecule has 2 aromatic heterocycles. The lowest BCUT2D eigenvalue weighted by atomic mass is 9.92. The first kappa shape index (κ1) is 21.9. The molecule has 0 fully saturated rings. The number of benzene rings is 1. The van der Waals surface area contributed by atoms with Gasteiger partial charge < -0.3 is 10.1 Å². The number of nitrogens with one attached hydrogen (secondary N) is 1. The maximum absolute atomic E-state index is 13.2. The third kappa shape index (κ3) is 4.51. The van der Waals surface area contributed by atoms with Gasteiger partial charge in [0.25, 0.3) is 0 Å². The van der Waals surface area contributed by atoms with Gasteiger partial charge in [0.15, 0.2) is 11.5 Å². The minimum absolute atomic E-state index is 0.104. The van der Waals surface area contributed by atoms with E-state index < -0.39 is 17.7 Å². The van der Waals surface area contributed by atoms with Crippen molar-refractivity contribution in [3.8, 4) is 5.75 Å². The predicted molar refractivity (Wildman–Crippen MR) is 105 cm³/mol. The molecule has 6 nitrogen and oxygen atoms in total. The van der Waals surface area contributed by atoms with Crippen LogP contribution in [0.25, 0.3) is 5.65 Å². The van der Waals surface area contributed by atoms with Crippen LogP contribution in [0.15, 0.2) is 36.5 Å². The Hall–Kier alpha value is -2.81. The fourth-order valence-electron chi connectivity index (χ4n) is 3.30. The van der Waals surface area contributed by atoms with Gasteiger partial charge in [0.2, 0.25) is 5.91 Å². The molecular formula is C20H20ClF3N4O2. The average Bonchev–Trinajstić information content (AvgIpc) is 3.11. The summed E-state index contributed by atoms with van der Waals surface area (Å²) in [5, 5.41) is 10.1. The highest BCUT2D eigenvalue weighted by atomic mass is 35.5. The van der Waals surface area contributed by atoms with Gasteiger partial charge in [-0.2, -0.15) is 13.2 Å². The van der Waals surface area contributed by atoms with Crippen LogP contribution in [0.5, 0.6) is 5.75 Å². The monoisotopic (exact) mass is 440 g/mol. The number of fused-ring (bicyclic) bond motifs is 1. The molecular weight excluding hydrogens is 421 g/mol. The van der Waals surface area contributed by atoms with Gasteiger partial charge in [0, 0.05) is 11.8 Å². The number of halogens is 4. The fourth-order valence-corrected chi connectivity index (χ4v) is 3.50. The van der Waals surface area contributed by atoms with Crippen molar-refractivity contribution in [2.75, 3.05) is 7.11 Å². The zero-order valence-electron chi connectivity index (χ0n) is 16.3. The first-order chi connectivity index (χ1) is 14.3. The molecule has 1 amide bonds. The van der Waals surface area contributed by atoms with Crippen LogP contribution >= 0.6 is 11.6 Å². The lowest BCUT2D eigenvalue weighted by molar-refractivity contribution is -0.136. The highest BCUT2D eigenvalue weighted by Crippen LogP contribution is 2.34. The standard InChI is InChI=1S/C20H20ClF3N4O2/c1-3-6-14(13-7-4-5-8-16(13)30-2)19(29)25-10-17-26-27-18-15(20(22,23)24)9-12(21)11-28(17)18/h4-5,7-9,11,14H,3,6,10H2,1-2H3,(H,25,29). The number of aromatic nitrogens is 3. The Kier molecular flexibility index (Phi) is 6.50. The third-order valence-electron chi connectivity index (χ3n) is 4.68. The molecule has 1 aromatic carbocycles. The van der Waals surface area contributed by atoms with Crippen molar-refractivity contribution in [1.29, 1.82) is 0 Å². The molecule has 1 unspecified atom stereocenters. The summed E-state index contributed by atoms with van der Waals surface area (Å²) >= 11 is 5.85. The number of carbonyl (C=O) groups is 1. The van der Waals surface area contributed by atoms with Gasteiger partial charge in [-0.25, -0.2) is 0 Å². The molecule has 30 heavy (non-hydrogen) atoms. The molecule has 0 aliphatic carbocycles. The van der Waals surface area contributed by atoms with E-state index in [1.165, 1.54) is 13.3 Å². The van der Waals surface area contributed by atoms with Gasteiger partial charge in [0.05, 0.1) is 24.6 Å². The van der Waals surface area contributed by atoms with Crippen molar-refractivity contribution in [3.05, 3.63) is 58.5 Å². The lowest BCUT2D eigenvalue weighted by Gasteiger charge is -2.19. The Morgan fingerprint density at radius 2 is 2.03 bits per heavy atom. The van der Waals surface area contributed by atoms with Crippen LogP contribution < -0.4 is 10.1 Å². The second kappa shape index (κ2) is 8.91. The maximum Gasteiger partial charge on any atom is 0.420 e. The van der Waals surface area contributed by atoms with Gasteiger partial charge in [0.1, 0.15) is 11.3 Å². The van der Waals surface area contributed by atoms with Gasteiger partial charge in [-0.1, -0.05) is 43.1 Å². The van der Waals surface area contributed by atoms with E-state index in [1.54, 1.807) is 6.07 Å². The Labute approximate surface area is 176 Å². The normalized spacial score (nSPS) is 12.7. The summed E-state index contributed by atoms with van der Waals surface area (Å²) in [7, 11) is 1.53. The van der Waals surface area contributed by atoms with E-state index in [1.807, 2.05) is 25.1 Å². The Morgan fingerprint density at radius 3 is 2.70 bits per heavy atom. The summed E-state index contributed by atoms with van der Waals surface area (Å²) in [6.45, 7) is 1.86. The third-order valence-corrected chi connectivity index (χ3v) is 4.88. The van der Waals surface area contributed by atoms with Crippen molar-refractivity contribution in [1.82, 2.24) is 19.9 Å². The second-order valence-electron chi connectivity index (χ2n) is 6.68. The van der Waals surface area contributed by atoms with Crippen LogP contribution in [0.4, 0.5) is 13.2 Å². The molecule has 0 aliphatic heterocycles. The molecule has 160 valence electrons. The van der Waals surface area contributed by atoms with Crippen LogP contribution in [0, 0.1) is 0 Å². The van der Waals surface area contributed by atoms with Crippen LogP contribution in [0.3, 0.4) is 0 Å². The van der Waals surface area contributed by atoms with Crippen LogP contribution in [-0.4, -0.2) is 27.6 Å². The molecule has 0 saturated heterocycles. The van der Waals surface area contributed by atoms with Crippen molar-refractivity contribution in [2.45, 2.75) is 38.4 Å². The number of rotatable bonds is 7. The number of pyridine rings is 1. The van der Waals surface area contributed by atoms with E-state index in [2.05, 4.69) is 15.5 Å². The van der Waals surface area contributed by atoms with E-state index in [-0.39, 0.29) is 28.9 Å². The van der Waals surface area contributed by atoms with Crippen molar-refractivity contribution >= 4 is 23.2 Å². The van der Waals surface area contributed by atoms with E-state index in [0.717, 1.165) is 22.5 Å². The van der Waals surface area contributed by atoms with Gasteiger partial charge in [-0.05, 0) is 18.6 Å². The van der Waals surface area contributed by atoms with Crippen molar-refractivity contribution in [3.63, 3.8) is 0 Å². The van der Waals surface area contributed by atoms with Gasteiger partial charge >= 0.3 is 6.18 Å². The van der Waals surface area contributed by atoms with Crippen LogP contribution in [-0.2, 0) is 17.5 Å². The molecule has 0 bridgehead atoms. The number of hydrogen-bond acceptors (Lipinski definition) is 4. The van der Waals surface area contributed by atoms with Crippen molar-refractivity contribution < 1.29 is 22.7 Å². The van der Waals surface area contributed by atoms with Crippen molar-refractivity contribution in [2.24, 2.45) is 0 Å². The molecule has 0 radical (unpaired) electrons. The van der Waals surface area contributed by atoms with E-state index >= 15 is 0 Å². The van der Waals surface area contributed by atoms with E-state index in [4.69, 9.17) is 16.3 Å². The number of methoxy groups -OCH3 is 1. The number of amides is 1. The minimum Gasteiger partial charge on any atom is -0.496 e. The average molecular weight is 441 g/mol. The minimum atomic E-state index is -4.63. The number of ether oxygens (including phenoxy) is 1. The molecule has 0 aliphatic rings. The Bertz CT molecular complexity index is 1050. The Balaban J connectivity index is 1.86. The number of alkyl halides is 3. The summed E-state index contributed by atoms with van der Waals surface area (Å²) in [6.07, 6.45) is -2.00. The molecule has 3 aromatic rings. The zero-order chi connectivity index (χ0) is 21.9. The number of nitrogens with zero attached hydrogens (tertiary/aromatic N) is 3. The van der Waals surface area contributed by atoms with Gasteiger partial charge in [-0.15, -0.1) is 10.2 Å². The largest absolute Gasteiger partial charge is 0.496 e. The number of hydrogen-bond donors (Lipinski definition) is 1. The molecule has 0 saturated carbocycles. The smallest absolute Gasteiger partial charge is 0.420 e. The SMILES string of the molecule is CCCC(C(=O)NCc1nnc2c(C(F)(F)F)cc(Cl)cn12)c1ccccc1OC. The van der Waals surface area contributed by atoms with E-state index in [9.17, 15) is 18.0 Å². The van der Waals surface area contributed by atoms with Crippen LogP contribution in [0.2, 0.25) is 5.02 Å². The maximum atomic E-state index is 13.2. The summed E-state index contributed by atoms with van der Waals surface area (Å²) in [5.74, 6) is -0.0157. The lowest BCUT2D eigenvalue weighted by Crippen LogP contribution is -2.30. The summed E-state index contributed by atoms with van der Waals surface area (Å²) in [6, 6.07) is 8.03. The molecule has 1 N–H and O–H groups in total. The Morgan fingerprint density at radius 1 is 1.30 bits per heavy atom. The fraction of sp³-hybridized carbons (Fsp3) is 0.350. The zero-order valence-corrected chi connectivity index (χ0v) is 17.1. The quantitative estimate of drug-likeness (QED) is 0.582. The highest BCUT2D eigenvalue weighted by Gasteiger charge is 2.35. The van der Waals surface area contributed by atoms with Crippen LogP contribution in [0.1, 0.15) is 42.6 Å². The van der Waals surface area contributed by atoms with E-state index in [0.29, 0.717) is 12.2 Å². The highest BCUT2D eigenvalue weighted by molar-refractivity contribution is 6.30. The molecule has 3 rings (SSSR count). The molecule has 1 atom stereocenters. The predicted octanol–water partition coefficient (Wildman–Crippen LogP) is 4.61. The number of carbonyl (C=O) groups excluding carboxylic acids is 1. The summed E-state index contributed by atoms with van der Waals surface area (Å²) in [5.41, 5.74) is -0.614. The molecule has 2 heterocycles. The molecule has 0 spiro atoms. The number of para-hydroxylation sites is 1.